The molecular formula is C10H15N5O. The maximum atomic E-state index is 5.06. The van der Waals surface area contributed by atoms with E-state index in [1.165, 1.54) is 0 Å². The van der Waals surface area contributed by atoms with Crippen LogP contribution in [0.5, 0.6) is 0 Å². The van der Waals surface area contributed by atoms with E-state index in [2.05, 4.69) is 20.5 Å². The number of anilines is 1. The second-order valence-electron chi connectivity index (χ2n) is 3.72. The monoisotopic (exact) mass is 221 g/mol. The Morgan fingerprint density at radius 1 is 1.50 bits per heavy atom. The first-order valence-corrected chi connectivity index (χ1v) is 5.14. The van der Waals surface area contributed by atoms with Crippen LogP contribution in [0.3, 0.4) is 0 Å². The second-order valence-corrected chi connectivity index (χ2v) is 3.72. The zero-order valence-electron chi connectivity index (χ0n) is 9.64. The molecule has 0 fully saturated rings. The minimum atomic E-state index is 0.181. The molecule has 0 spiro atoms. The van der Waals surface area contributed by atoms with Gasteiger partial charge >= 0.3 is 0 Å². The average Bonchev–Trinajstić information content (AvgIpc) is 2.62. The molecule has 0 saturated heterocycles. The van der Waals surface area contributed by atoms with Crippen LogP contribution in [0.1, 0.15) is 12.7 Å². The molecule has 1 unspecified atom stereocenters. The zero-order chi connectivity index (χ0) is 11.5. The van der Waals surface area contributed by atoms with Crippen LogP contribution in [0.4, 0.5) is 5.82 Å². The molecule has 1 atom stereocenters. The number of aryl methyl sites for hydroxylation is 1. The SMILES string of the molecule is COCC(C)Nc1nccn2c(C)nnc12. The van der Waals surface area contributed by atoms with E-state index in [1.54, 1.807) is 13.3 Å². The molecule has 0 radical (unpaired) electrons. The topological polar surface area (TPSA) is 64.3 Å². The van der Waals surface area contributed by atoms with Crippen molar-refractivity contribution in [2.45, 2.75) is 19.9 Å². The van der Waals surface area contributed by atoms with Gasteiger partial charge in [-0.25, -0.2) is 4.98 Å². The van der Waals surface area contributed by atoms with Crippen molar-refractivity contribution in [3.8, 4) is 0 Å². The molecule has 0 aliphatic rings. The molecule has 86 valence electrons. The van der Waals surface area contributed by atoms with Gasteiger partial charge in [-0.05, 0) is 13.8 Å². The van der Waals surface area contributed by atoms with Crippen molar-refractivity contribution in [2.24, 2.45) is 0 Å². The van der Waals surface area contributed by atoms with Crippen LogP contribution in [0, 0.1) is 6.92 Å². The second kappa shape index (κ2) is 4.44. The van der Waals surface area contributed by atoms with Gasteiger partial charge in [-0.1, -0.05) is 0 Å². The Balaban J connectivity index is 2.30. The molecule has 0 saturated carbocycles. The summed E-state index contributed by atoms with van der Waals surface area (Å²) < 4.78 is 6.96. The van der Waals surface area contributed by atoms with Gasteiger partial charge in [-0.3, -0.25) is 4.40 Å². The molecule has 0 aliphatic heterocycles. The molecule has 16 heavy (non-hydrogen) atoms. The van der Waals surface area contributed by atoms with E-state index in [-0.39, 0.29) is 6.04 Å². The van der Waals surface area contributed by atoms with Gasteiger partial charge in [0, 0.05) is 25.5 Å². The van der Waals surface area contributed by atoms with Crippen molar-refractivity contribution in [2.75, 3.05) is 19.0 Å². The third-order valence-electron chi connectivity index (χ3n) is 2.30. The maximum Gasteiger partial charge on any atom is 0.203 e. The van der Waals surface area contributed by atoms with Crippen LogP contribution in [0.2, 0.25) is 0 Å². The predicted octanol–water partition coefficient (Wildman–Crippen LogP) is 0.880. The van der Waals surface area contributed by atoms with E-state index < -0.39 is 0 Å². The minimum absolute atomic E-state index is 0.181. The summed E-state index contributed by atoms with van der Waals surface area (Å²) in [6, 6.07) is 0.181. The fourth-order valence-electron chi connectivity index (χ4n) is 1.57. The predicted molar refractivity (Wildman–Crippen MR) is 60.5 cm³/mol. The van der Waals surface area contributed by atoms with Crippen molar-refractivity contribution in [3.05, 3.63) is 18.2 Å². The van der Waals surface area contributed by atoms with E-state index in [9.17, 15) is 0 Å². The maximum absolute atomic E-state index is 5.06. The van der Waals surface area contributed by atoms with Crippen LogP contribution in [0.25, 0.3) is 5.65 Å². The first-order valence-electron chi connectivity index (χ1n) is 5.14. The Morgan fingerprint density at radius 2 is 2.31 bits per heavy atom. The summed E-state index contributed by atoms with van der Waals surface area (Å²) in [5.74, 6) is 1.58. The lowest BCUT2D eigenvalue weighted by Gasteiger charge is -2.13. The summed E-state index contributed by atoms with van der Waals surface area (Å²) in [6.45, 7) is 4.55. The Kier molecular flexibility index (Phi) is 3.00. The van der Waals surface area contributed by atoms with E-state index >= 15 is 0 Å². The number of methoxy groups -OCH3 is 1. The van der Waals surface area contributed by atoms with Gasteiger partial charge in [-0.2, -0.15) is 0 Å². The lowest BCUT2D eigenvalue weighted by molar-refractivity contribution is 0.190. The highest BCUT2D eigenvalue weighted by Gasteiger charge is 2.09. The third-order valence-corrected chi connectivity index (χ3v) is 2.30. The van der Waals surface area contributed by atoms with Gasteiger partial charge in [0.05, 0.1) is 6.61 Å². The van der Waals surface area contributed by atoms with Gasteiger partial charge in [0.2, 0.25) is 5.65 Å². The van der Waals surface area contributed by atoms with E-state index in [4.69, 9.17) is 4.74 Å². The minimum Gasteiger partial charge on any atom is -0.383 e. The van der Waals surface area contributed by atoms with Crippen molar-refractivity contribution in [3.63, 3.8) is 0 Å². The highest BCUT2D eigenvalue weighted by Crippen LogP contribution is 2.12. The highest BCUT2D eigenvalue weighted by molar-refractivity contribution is 5.62. The molecule has 2 aromatic heterocycles. The number of nitrogens with zero attached hydrogens (tertiary/aromatic N) is 4. The van der Waals surface area contributed by atoms with E-state index in [0.717, 1.165) is 17.3 Å². The lowest BCUT2D eigenvalue weighted by atomic mass is 10.3. The summed E-state index contributed by atoms with van der Waals surface area (Å²) >= 11 is 0. The quantitative estimate of drug-likeness (QED) is 0.830. The molecule has 2 aromatic rings. The normalized spacial score (nSPS) is 12.9. The summed E-state index contributed by atoms with van der Waals surface area (Å²) in [7, 11) is 1.67. The van der Waals surface area contributed by atoms with Crippen molar-refractivity contribution in [1.82, 2.24) is 19.6 Å². The average molecular weight is 221 g/mol. The highest BCUT2D eigenvalue weighted by atomic mass is 16.5. The number of fused-ring (bicyclic) bond motifs is 1. The third kappa shape index (κ3) is 1.96. The van der Waals surface area contributed by atoms with Gasteiger partial charge < -0.3 is 10.1 Å². The van der Waals surface area contributed by atoms with Gasteiger partial charge in [-0.15, -0.1) is 10.2 Å². The van der Waals surface area contributed by atoms with Crippen LogP contribution in [-0.4, -0.2) is 39.3 Å². The van der Waals surface area contributed by atoms with Crippen LogP contribution >= 0.6 is 0 Å². The van der Waals surface area contributed by atoms with E-state index in [1.807, 2.05) is 24.4 Å². The number of nitrogens with one attached hydrogen (secondary N) is 1. The molecule has 2 rings (SSSR count). The largest absolute Gasteiger partial charge is 0.383 e. The smallest absolute Gasteiger partial charge is 0.203 e. The lowest BCUT2D eigenvalue weighted by Crippen LogP contribution is -2.21. The molecule has 6 nitrogen and oxygen atoms in total. The number of rotatable bonds is 4. The fraction of sp³-hybridized carbons (Fsp3) is 0.500. The molecule has 1 N–H and O–H groups in total. The van der Waals surface area contributed by atoms with Crippen molar-refractivity contribution >= 4 is 11.5 Å². The summed E-state index contributed by atoms with van der Waals surface area (Å²) in [6.07, 6.45) is 3.57. The number of hydrogen-bond donors (Lipinski definition) is 1. The molecule has 0 bridgehead atoms. The molecular weight excluding hydrogens is 206 g/mol. The van der Waals surface area contributed by atoms with Gasteiger partial charge in [0.15, 0.2) is 5.82 Å². The van der Waals surface area contributed by atoms with Crippen molar-refractivity contribution < 1.29 is 4.74 Å². The Morgan fingerprint density at radius 3 is 3.06 bits per heavy atom. The van der Waals surface area contributed by atoms with Crippen molar-refractivity contribution in [1.29, 1.82) is 0 Å². The number of ether oxygens (including phenoxy) is 1. The number of hydrogen-bond acceptors (Lipinski definition) is 5. The molecule has 6 heteroatoms. The van der Waals surface area contributed by atoms with Crippen LogP contribution < -0.4 is 5.32 Å². The Labute approximate surface area is 93.7 Å². The fourth-order valence-corrected chi connectivity index (χ4v) is 1.57. The standard InChI is InChI=1S/C10H15N5O/c1-7(6-16-3)12-9-10-14-13-8(2)15(10)5-4-11-9/h4-5,7H,6H2,1-3H3,(H,11,12). The van der Waals surface area contributed by atoms with Crippen LogP contribution in [0.15, 0.2) is 12.4 Å². The molecule has 2 heterocycles. The molecule has 0 amide bonds. The Hall–Kier alpha value is -1.69. The summed E-state index contributed by atoms with van der Waals surface area (Å²) in [4.78, 5) is 4.25. The summed E-state index contributed by atoms with van der Waals surface area (Å²) in [5.41, 5.74) is 0.739. The summed E-state index contributed by atoms with van der Waals surface area (Å²) in [5, 5.41) is 11.3. The molecule has 0 aromatic carbocycles. The first kappa shape index (κ1) is 10.8. The first-order chi connectivity index (χ1) is 7.72. The Bertz CT molecular complexity index is 481. The molecule has 0 aliphatic carbocycles. The zero-order valence-corrected chi connectivity index (χ0v) is 9.64. The van der Waals surface area contributed by atoms with E-state index in [0.29, 0.717) is 6.61 Å². The number of aromatic nitrogens is 4. The van der Waals surface area contributed by atoms with Crippen LogP contribution in [-0.2, 0) is 4.74 Å². The van der Waals surface area contributed by atoms with Gasteiger partial charge in [0.25, 0.3) is 0 Å². The van der Waals surface area contributed by atoms with Gasteiger partial charge in [0.1, 0.15) is 5.82 Å².